The van der Waals surface area contributed by atoms with Crippen molar-refractivity contribution in [3.63, 3.8) is 0 Å². The van der Waals surface area contributed by atoms with Gasteiger partial charge in [-0.25, -0.2) is 9.59 Å². The van der Waals surface area contributed by atoms with Crippen LogP contribution in [0.15, 0.2) is 48.5 Å². The molecule has 0 aliphatic heterocycles. The second-order valence-corrected chi connectivity index (χ2v) is 8.91. The van der Waals surface area contributed by atoms with Crippen molar-refractivity contribution in [3.8, 4) is 0 Å². The highest BCUT2D eigenvalue weighted by atomic mass is 16.5. The molecule has 0 atom stereocenters. The molecule has 0 amide bonds. The maximum atomic E-state index is 12.3. The zero-order chi connectivity index (χ0) is 22.2. The Bertz CT molecular complexity index is 837. The van der Waals surface area contributed by atoms with E-state index in [1.165, 1.54) is 12.8 Å². The second kappa shape index (κ2) is 11.1. The third-order valence-electron chi connectivity index (χ3n) is 6.41. The van der Waals surface area contributed by atoms with Gasteiger partial charge in [-0.15, -0.1) is 0 Å². The van der Waals surface area contributed by atoms with Gasteiger partial charge in [-0.1, -0.05) is 49.3 Å². The number of hydrogen-bond donors (Lipinski definition) is 0. The molecule has 2 aromatic carbocycles. The molecule has 0 saturated heterocycles. The minimum atomic E-state index is -0.233. The summed E-state index contributed by atoms with van der Waals surface area (Å²) in [7, 11) is 0. The first-order valence-corrected chi connectivity index (χ1v) is 12.0. The third-order valence-corrected chi connectivity index (χ3v) is 6.41. The minimum absolute atomic E-state index is 0.0683. The Hall–Kier alpha value is -2.88. The molecule has 0 aromatic heterocycles. The van der Waals surface area contributed by atoms with Gasteiger partial charge >= 0.3 is 11.9 Å². The molecule has 0 bridgehead atoms. The summed E-state index contributed by atoms with van der Waals surface area (Å²) in [4.78, 5) is 24.7. The summed E-state index contributed by atoms with van der Waals surface area (Å²) < 4.78 is 11.3. The molecule has 2 saturated carbocycles. The normalized spacial score (nSPS) is 17.9. The topological polar surface area (TPSA) is 52.6 Å². The summed E-state index contributed by atoms with van der Waals surface area (Å²) in [6.45, 7) is 0. The van der Waals surface area contributed by atoms with Crippen LogP contribution in [0.4, 0.5) is 0 Å². The number of carbonyl (C=O) groups excluding carboxylic acids is 2. The van der Waals surface area contributed by atoms with Crippen molar-refractivity contribution in [1.82, 2.24) is 0 Å². The molecular weight excluding hydrogens is 400 g/mol. The van der Waals surface area contributed by atoms with Crippen LogP contribution >= 0.6 is 0 Å². The van der Waals surface area contributed by atoms with E-state index in [9.17, 15) is 9.59 Å². The van der Waals surface area contributed by atoms with E-state index in [1.54, 1.807) is 0 Å². The summed E-state index contributed by atoms with van der Waals surface area (Å²) in [5.74, 6) is -0.466. The lowest BCUT2D eigenvalue weighted by molar-refractivity contribution is 0.0202. The summed E-state index contributed by atoms with van der Waals surface area (Å²) >= 11 is 0. The van der Waals surface area contributed by atoms with E-state index in [1.807, 2.05) is 60.7 Å². The van der Waals surface area contributed by atoms with Crippen molar-refractivity contribution in [2.45, 2.75) is 76.4 Å². The monoisotopic (exact) mass is 432 g/mol. The molecule has 4 rings (SSSR count). The highest BCUT2D eigenvalue weighted by Crippen LogP contribution is 2.23. The van der Waals surface area contributed by atoms with Gasteiger partial charge in [-0.3, -0.25) is 0 Å². The van der Waals surface area contributed by atoms with E-state index in [0.717, 1.165) is 62.5 Å². The molecule has 0 heterocycles. The van der Waals surface area contributed by atoms with Crippen LogP contribution in [-0.4, -0.2) is 24.1 Å². The van der Waals surface area contributed by atoms with Gasteiger partial charge in [-0.05, 0) is 86.8 Å². The maximum Gasteiger partial charge on any atom is 0.338 e. The summed E-state index contributed by atoms with van der Waals surface area (Å²) in [6, 6.07) is 14.9. The molecule has 168 valence electrons. The van der Waals surface area contributed by atoms with Gasteiger partial charge in [0.05, 0.1) is 11.1 Å². The molecule has 2 aromatic rings. The first kappa shape index (κ1) is 22.3. The van der Waals surface area contributed by atoms with Crippen LogP contribution in [0.1, 0.15) is 96.1 Å². The number of esters is 2. The highest BCUT2D eigenvalue weighted by molar-refractivity contribution is 5.90. The van der Waals surface area contributed by atoms with Gasteiger partial charge in [0, 0.05) is 0 Å². The van der Waals surface area contributed by atoms with Gasteiger partial charge in [0.25, 0.3) is 0 Å². The predicted molar refractivity (Wildman–Crippen MR) is 126 cm³/mol. The fraction of sp³-hybridized carbons (Fsp3) is 0.429. The van der Waals surface area contributed by atoms with Crippen LogP contribution in [0.2, 0.25) is 0 Å². The lowest BCUT2D eigenvalue weighted by Gasteiger charge is -2.21. The summed E-state index contributed by atoms with van der Waals surface area (Å²) in [5.41, 5.74) is 3.18. The van der Waals surface area contributed by atoms with Crippen LogP contribution in [0.5, 0.6) is 0 Å². The Kier molecular flexibility index (Phi) is 7.76. The number of benzene rings is 2. The molecule has 2 aliphatic rings. The van der Waals surface area contributed by atoms with Gasteiger partial charge < -0.3 is 9.47 Å². The van der Waals surface area contributed by atoms with Crippen LogP contribution < -0.4 is 0 Å². The van der Waals surface area contributed by atoms with Crippen LogP contribution in [0.3, 0.4) is 0 Å². The number of carbonyl (C=O) groups is 2. The van der Waals surface area contributed by atoms with E-state index in [-0.39, 0.29) is 24.1 Å². The minimum Gasteiger partial charge on any atom is -0.459 e. The number of ether oxygens (including phenoxy) is 2. The lowest BCUT2D eigenvalue weighted by Crippen LogP contribution is -2.20. The zero-order valence-corrected chi connectivity index (χ0v) is 18.6. The zero-order valence-electron chi connectivity index (χ0n) is 18.6. The van der Waals surface area contributed by atoms with E-state index >= 15 is 0 Å². The van der Waals surface area contributed by atoms with E-state index in [4.69, 9.17) is 9.47 Å². The number of hydrogen-bond acceptors (Lipinski definition) is 4. The van der Waals surface area contributed by atoms with Crippen molar-refractivity contribution < 1.29 is 19.1 Å². The van der Waals surface area contributed by atoms with E-state index < -0.39 is 0 Å². The Morgan fingerprint density at radius 3 is 1.25 bits per heavy atom. The standard InChI is InChI=1S/C28H32O4/c29-27(31-25-7-3-1-4-8-25)23-17-13-21(14-18-23)11-12-22-15-19-24(20-16-22)28(30)32-26-9-5-2-6-10-26/h11-20,25-26H,1-10H2/b12-11+. The van der Waals surface area contributed by atoms with Gasteiger partial charge in [0.2, 0.25) is 0 Å². The Balaban J connectivity index is 1.29. The Morgan fingerprint density at radius 1 is 0.562 bits per heavy atom. The fourth-order valence-electron chi connectivity index (χ4n) is 4.46. The Labute approximate surface area is 190 Å². The van der Waals surface area contributed by atoms with E-state index in [2.05, 4.69) is 0 Å². The molecular formula is C28H32O4. The maximum absolute atomic E-state index is 12.3. The van der Waals surface area contributed by atoms with Crippen LogP contribution in [0.25, 0.3) is 12.2 Å². The average molecular weight is 433 g/mol. The van der Waals surface area contributed by atoms with Crippen molar-refractivity contribution >= 4 is 24.1 Å². The molecule has 2 fully saturated rings. The largest absolute Gasteiger partial charge is 0.459 e. The first-order valence-electron chi connectivity index (χ1n) is 12.0. The lowest BCUT2D eigenvalue weighted by atomic mass is 9.98. The summed E-state index contributed by atoms with van der Waals surface area (Å²) in [6.07, 6.45) is 15.1. The molecule has 32 heavy (non-hydrogen) atoms. The van der Waals surface area contributed by atoms with Crippen LogP contribution in [-0.2, 0) is 9.47 Å². The molecule has 0 N–H and O–H groups in total. The quantitative estimate of drug-likeness (QED) is 0.370. The number of rotatable bonds is 6. The molecule has 4 nitrogen and oxygen atoms in total. The van der Waals surface area contributed by atoms with E-state index in [0.29, 0.717) is 11.1 Å². The van der Waals surface area contributed by atoms with Gasteiger partial charge in [-0.2, -0.15) is 0 Å². The predicted octanol–water partition coefficient (Wildman–Crippen LogP) is 6.84. The van der Waals surface area contributed by atoms with Crippen LogP contribution in [0, 0.1) is 0 Å². The molecule has 0 spiro atoms. The highest BCUT2D eigenvalue weighted by Gasteiger charge is 2.19. The molecule has 0 radical (unpaired) electrons. The molecule has 4 heteroatoms. The van der Waals surface area contributed by atoms with Gasteiger partial charge in [0.1, 0.15) is 12.2 Å². The first-order chi connectivity index (χ1) is 15.7. The van der Waals surface area contributed by atoms with Crippen molar-refractivity contribution in [2.75, 3.05) is 0 Å². The second-order valence-electron chi connectivity index (χ2n) is 8.91. The SMILES string of the molecule is O=C(OC1CCCCC1)c1ccc(/C=C/c2ccc(C(=O)OC3CCCCC3)cc2)cc1. The summed E-state index contributed by atoms with van der Waals surface area (Å²) in [5, 5.41) is 0. The third kappa shape index (κ3) is 6.32. The smallest absolute Gasteiger partial charge is 0.338 e. The fourth-order valence-corrected chi connectivity index (χ4v) is 4.46. The van der Waals surface area contributed by atoms with Crippen molar-refractivity contribution in [3.05, 3.63) is 70.8 Å². The van der Waals surface area contributed by atoms with Crippen molar-refractivity contribution in [2.24, 2.45) is 0 Å². The molecule has 0 unspecified atom stereocenters. The average Bonchev–Trinajstić information content (AvgIpc) is 2.84. The van der Waals surface area contributed by atoms with Crippen molar-refractivity contribution in [1.29, 1.82) is 0 Å². The molecule has 2 aliphatic carbocycles. The Morgan fingerprint density at radius 2 is 0.906 bits per heavy atom. The van der Waals surface area contributed by atoms with Gasteiger partial charge in [0.15, 0.2) is 0 Å².